The largest absolute Gasteiger partial charge is 0.403 e. The molecule has 0 saturated carbocycles. The zero-order valence-electron chi connectivity index (χ0n) is 14.5. The van der Waals surface area contributed by atoms with Gasteiger partial charge in [-0.2, -0.15) is 0 Å². The van der Waals surface area contributed by atoms with Gasteiger partial charge in [-0.25, -0.2) is 22.5 Å². The molecule has 3 aromatic rings. The van der Waals surface area contributed by atoms with Crippen molar-refractivity contribution < 1.29 is 12.8 Å². The molecule has 0 aliphatic heterocycles. The minimum absolute atomic E-state index is 0.134. The Balaban J connectivity index is 1.87. The molecule has 1 aliphatic carbocycles. The number of sulfonamides is 1. The SMILES string of the molecule is CN(C)S(=O)(=O)c1cccc(-c2nc3sc4c(c3c(=O)o2)CCCC4)c1. The highest BCUT2D eigenvalue weighted by Gasteiger charge is 2.22. The number of hydrogen-bond donors (Lipinski definition) is 0. The Morgan fingerprint density at radius 2 is 1.96 bits per heavy atom. The van der Waals surface area contributed by atoms with E-state index in [0.717, 1.165) is 35.6 Å². The summed E-state index contributed by atoms with van der Waals surface area (Å²) in [6.45, 7) is 0. The minimum atomic E-state index is -3.57. The molecule has 0 unspecified atom stereocenters. The first-order valence-electron chi connectivity index (χ1n) is 8.36. The Labute approximate surface area is 155 Å². The molecule has 6 nitrogen and oxygen atoms in total. The van der Waals surface area contributed by atoms with Gasteiger partial charge in [0.25, 0.3) is 0 Å². The van der Waals surface area contributed by atoms with Gasteiger partial charge in [0.05, 0.1) is 4.90 Å². The van der Waals surface area contributed by atoms with Crippen molar-refractivity contribution in [2.75, 3.05) is 14.1 Å². The Bertz CT molecular complexity index is 1160. The smallest absolute Gasteiger partial charge is 0.348 e. The molecular weight excluding hydrogens is 372 g/mol. The van der Waals surface area contributed by atoms with Crippen LogP contribution in [0.4, 0.5) is 0 Å². The van der Waals surface area contributed by atoms with Crippen LogP contribution < -0.4 is 5.63 Å². The van der Waals surface area contributed by atoms with Crippen molar-refractivity contribution >= 4 is 31.6 Å². The third-order valence-corrected chi connectivity index (χ3v) is 7.61. The predicted octanol–water partition coefficient (Wildman–Crippen LogP) is 3.05. The van der Waals surface area contributed by atoms with Crippen LogP contribution in [0.5, 0.6) is 0 Å². The Morgan fingerprint density at radius 3 is 2.73 bits per heavy atom. The van der Waals surface area contributed by atoms with E-state index >= 15 is 0 Å². The van der Waals surface area contributed by atoms with Gasteiger partial charge < -0.3 is 4.42 Å². The summed E-state index contributed by atoms with van der Waals surface area (Å²) in [7, 11) is -0.624. The van der Waals surface area contributed by atoms with Gasteiger partial charge in [0.15, 0.2) is 0 Å². The predicted molar refractivity (Wildman–Crippen MR) is 101 cm³/mol. The van der Waals surface area contributed by atoms with Crippen LogP contribution in [-0.4, -0.2) is 31.8 Å². The first-order chi connectivity index (χ1) is 12.4. The van der Waals surface area contributed by atoms with Crippen molar-refractivity contribution in [2.45, 2.75) is 30.6 Å². The maximum atomic E-state index is 12.6. The molecule has 4 rings (SSSR count). The third kappa shape index (κ3) is 2.78. The zero-order chi connectivity index (χ0) is 18.5. The molecule has 136 valence electrons. The van der Waals surface area contributed by atoms with E-state index in [1.54, 1.807) is 12.1 Å². The number of thiophene rings is 1. The fourth-order valence-corrected chi connectivity index (χ4v) is 5.41. The summed E-state index contributed by atoms with van der Waals surface area (Å²) in [6, 6.07) is 6.32. The van der Waals surface area contributed by atoms with Crippen LogP contribution >= 0.6 is 11.3 Å². The maximum Gasteiger partial charge on any atom is 0.348 e. The summed E-state index contributed by atoms with van der Waals surface area (Å²) in [5, 5.41) is 0.588. The molecule has 0 saturated heterocycles. The van der Waals surface area contributed by atoms with Crippen molar-refractivity contribution in [1.82, 2.24) is 9.29 Å². The molecule has 1 aliphatic rings. The highest BCUT2D eigenvalue weighted by molar-refractivity contribution is 7.89. The minimum Gasteiger partial charge on any atom is -0.403 e. The second-order valence-corrected chi connectivity index (χ2v) is 9.75. The van der Waals surface area contributed by atoms with Gasteiger partial charge in [-0.05, 0) is 49.4 Å². The van der Waals surface area contributed by atoms with Gasteiger partial charge in [0.1, 0.15) is 10.2 Å². The van der Waals surface area contributed by atoms with Crippen LogP contribution in [0.15, 0.2) is 38.4 Å². The van der Waals surface area contributed by atoms with Gasteiger partial charge in [0.2, 0.25) is 15.9 Å². The lowest BCUT2D eigenvalue weighted by molar-refractivity contribution is 0.516. The van der Waals surface area contributed by atoms with E-state index in [4.69, 9.17) is 4.42 Å². The summed E-state index contributed by atoms with van der Waals surface area (Å²) in [5.74, 6) is 0.150. The van der Waals surface area contributed by atoms with Crippen molar-refractivity contribution in [1.29, 1.82) is 0 Å². The topological polar surface area (TPSA) is 80.5 Å². The van der Waals surface area contributed by atoms with Crippen LogP contribution in [0.1, 0.15) is 23.3 Å². The molecule has 0 fully saturated rings. The van der Waals surface area contributed by atoms with Crippen molar-refractivity contribution in [2.24, 2.45) is 0 Å². The average Bonchev–Trinajstić information content (AvgIpc) is 3.00. The van der Waals surface area contributed by atoms with E-state index in [1.165, 1.54) is 42.4 Å². The quantitative estimate of drug-likeness (QED) is 0.687. The van der Waals surface area contributed by atoms with E-state index in [9.17, 15) is 13.2 Å². The van der Waals surface area contributed by atoms with Crippen LogP contribution in [0.2, 0.25) is 0 Å². The van der Waals surface area contributed by atoms with Crippen molar-refractivity contribution in [3.8, 4) is 11.5 Å². The van der Waals surface area contributed by atoms with E-state index < -0.39 is 15.6 Å². The standard InChI is InChI=1S/C18H18N2O4S2/c1-20(2)26(22,23)12-7-5-6-11(10-12)16-19-17-15(18(21)24-16)13-8-3-4-9-14(13)25-17/h5-7,10H,3-4,8-9H2,1-2H3. The molecule has 2 heterocycles. The van der Waals surface area contributed by atoms with E-state index in [0.29, 0.717) is 15.8 Å². The molecule has 0 N–H and O–H groups in total. The molecule has 1 aromatic carbocycles. The summed E-state index contributed by atoms with van der Waals surface area (Å²) < 4.78 is 31.3. The lowest BCUT2D eigenvalue weighted by Crippen LogP contribution is -2.22. The summed E-state index contributed by atoms with van der Waals surface area (Å²) >= 11 is 1.54. The molecule has 2 aromatic heterocycles. The van der Waals surface area contributed by atoms with Crippen LogP contribution in [0.3, 0.4) is 0 Å². The summed E-state index contributed by atoms with van der Waals surface area (Å²) in [6.07, 6.45) is 4.06. The van der Waals surface area contributed by atoms with Gasteiger partial charge in [-0.3, -0.25) is 0 Å². The van der Waals surface area contributed by atoms with Crippen LogP contribution in [0.25, 0.3) is 21.7 Å². The Morgan fingerprint density at radius 1 is 1.19 bits per heavy atom. The monoisotopic (exact) mass is 390 g/mol. The third-order valence-electron chi connectivity index (χ3n) is 4.61. The first kappa shape index (κ1) is 17.4. The van der Waals surface area contributed by atoms with Crippen molar-refractivity contribution in [3.63, 3.8) is 0 Å². The summed E-state index contributed by atoms with van der Waals surface area (Å²) in [5.41, 5.74) is 1.15. The number of benzene rings is 1. The summed E-state index contributed by atoms with van der Waals surface area (Å²) in [4.78, 5) is 19.1. The molecule has 0 spiro atoms. The number of aromatic nitrogens is 1. The van der Waals surface area contributed by atoms with Gasteiger partial charge in [-0.1, -0.05) is 6.07 Å². The number of rotatable bonds is 3. The Kier molecular flexibility index (Phi) is 4.21. The average molecular weight is 390 g/mol. The van der Waals surface area contributed by atoms with Gasteiger partial charge in [-0.15, -0.1) is 11.3 Å². The number of nitrogens with zero attached hydrogens (tertiary/aromatic N) is 2. The highest BCUT2D eigenvalue weighted by Crippen LogP contribution is 2.35. The number of hydrogen-bond acceptors (Lipinski definition) is 6. The molecule has 0 bridgehead atoms. The van der Waals surface area contributed by atoms with E-state index in [-0.39, 0.29) is 10.8 Å². The van der Waals surface area contributed by atoms with Gasteiger partial charge in [0, 0.05) is 24.5 Å². The molecule has 26 heavy (non-hydrogen) atoms. The molecule has 0 amide bonds. The lowest BCUT2D eigenvalue weighted by atomic mass is 9.97. The van der Waals surface area contributed by atoms with Gasteiger partial charge >= 0.3 is 5.63 Å². The normalized spacial score (nSPS) is 14.7. The maximum absolute atomic E-state index is 12.6. The molecule has 8 heteroatoms. The fourth-order valence-electron chi connectivity index (χ4n) is 3.22. The number of aryl methyl sites for hydroxylation is 2. The first-order valence-corrected chi connectivity index (χ1v) is 10.6. The number of fused-ring (bicyclic) bond motifs is 3. The lowest BCUT2D eigenvalue weighted by Gasteiger charge is -2.11. The fraction of sp³-hybridized carbons (Fsp3) is 0.333. The highest BCUT2D eigenvalue weighted by atomic mass is 32.2. The second kappa shape index (κ2) is 6.29. The van der Waals surface area contributed by atoms with Crippen LogP contribution in [-0.2, 0) is 22.9 Å². The van der Waals surface area contributed by atoms with Crippen LogP contribution in [0, 0.1) is 0 Å². The van der Waals surface area contributed by atoms with E-state index in [2.05, 4.69) is 4.98 Å². The zero-order valence-corrected chi connectivity index (χ0v) is 16.1. The molecular formula is C18H18N2O4S2. The second-order valence-electron chi connectivity index (χ2n) is 6.51. The van der Waals surface area contributed by atoms with Crippen molar-refractivity contribution in [3.05, 3.63) is 45.1 Å². The molecule has 0 atom stereocenters. The van der Waals surface area contributed by atoms with E-state index in [1.807, 2.05) is 0 Å². The molecule has 0 radical (unpaired) electrons. The Hall–Kier alpha value is -2.03.